The number of anilines is 2. The van der Waals surface area contributed by atoms with Crippen LogP contribution in [0.4, 0.5) is 11.6 Å². The second kappa shape index (κ2) is 8.46. The second-order valence-corrected chi connectivity index (χ2v) is 5.69. The lowest BCUT2D eigenvalue weighted by atomic mass is 10.1. The van der Waals surface area contributed by atoms with Crippen molar-refractivity contribution < 1.29 is 0 Å². The Hall–Kier alpha value is -1.83. The maximum absolute atomic E-state index is 8.88. The van der Waals surface area contributed by atoms with Crippen molar-refractivity contribution in [1.82, 2.24) is 9.97 Å². The van der Waals surface area contributed by atoms with Crippen LogP contribution in [0, 0.1) is 24.2 Å². The highest BCUT2D eigenvalue weighted by molar-refractivity contribution is 5.58. The van der Waals surface area contributed by atoms with Crippen LogP contribution in [0.25, 0.3) is 0 Å². The fourth-order valence-electron chi connectivity index (χ4n) is 2.35. The average molecular weight is 289 g/mol. The zero-order valence-electron chi connectivity index (χ0n) is 13.9. The normalized spacial score (nSPS) is 10.5. The summed E-state index contributed by atoms with van der Waals surface area (Å²) in [6.07, 6.45) is 2.40. The summed E-state index contributed by atoms with van der Waals surface area (Å²) in [4.78, 5) is 11.5. The molecule has 0 amide bonds. The van der Waals surface area contributed by atoms with Crippen LogP contribution in [0.2, 0.25) is 0 Å². The molecule has 0 aliphatic carbocycles. The standard InChI is InChI=1S/C16H27N5/c1-6-8-14-19-15(18-5)13(4)16(20-14)21(10-7-9-17)11-12(2)3/h12H,6-8,10-11H2,1-5H3,(H,18,19,20). The Morgan fingerprint density at radius 3 is 2.57 bits per heavy atom. The van der Waals surface area contributed by atoms with Gasteiger partial charge < -0.3 is 10.2 Å². The molecule has 0 aliphatic heterocycles. The van der Waals surface area contributed by atoms with E-state index < -0.39 is 0 Å². The van der Waals surface area contributed by atoms with Crippen LogP contribution in [0.1, 0.15) is 45.0 Å². The fraction of sp³-hybridized carbons (Fsp3) is 0.688. The van der Waals surface area contributed by atoms with Gasteiger partial charge in [-0.05, 0) is 19.3 Å². The van der Waals surface area contributed by atoms with Crippen molar-refractivity contribution in [3.63, 3.8) is 0 Å². The first-order valence-electron chi connectivity index (χ1n) is 7.70. The molecule has 0 unspecified atom stereocenters. The average Bonchev–Trinajstić information content (AvgIpc) is 2.45. The molecule has 0 saturated heterocycles. The molecule has 5 nitrogen and oxygen atoms in total. The van der Waals surface area contributed by atoms with Crippen LogP contribution in [0.5, 0.6) is 0 Å². The van der Waals surface area contributed by atoms with Crippen molar-refractivity contribution >= 4 is 11.6 Å². The monoisotopic (exact) mass is 289 g/mol. The van der Waals surface area contributed by atoms with Gasteiger partial charge in [0.1, 0.15) is 17.5 Å². The number of nitrogens with one attached hydrogen (secondary N) is 1. The number of aromatic nitrogens is 2. The summed E-state index contributed by atoms with van der Waals surface area (Å²) in [7, 11) is 1.89. The molecule has 21 heavy (non-hydrogen) atoms. The van der Waals surface area contributed by atoms with E-state index in [1.165, 1.54) is 0 Å². The quantitative estimate of drug-likeness (QED) is 0.796. The minimum absolute atomic E-state index is 0.508. The Bertz CT molecular complexity index is 490. The summed E-state index contributed by atoms with van der Waals surface area (Å²) in [5, 5.41) is 12.0. The van der Waals surface area contributed by atoms with Gasteiger partial charge in [0, 0.05) is 32.1 Å². The van der Waals surface area contributed by atoms with Crippen LogP contribution < -0.4 is 10.2 Å². The van der Waals surface area contributed by atoms with Gasteiger partial charge in [-0.15, -0.1) is 0 Å². The van der Waals surface area contributed by atoms with E-state index in [1.807, 2.05) is 14.0 Å². The Kier molecular flexibility index (Phi) is 6.93. The first kappa shape index (κ1) is 17.2. The predicted molar refractivity (Wildman–Crippen MR) is 87.6 cm³/mol. The molecule has 0 bridgehead atoms. The molecule has 1 aromatic rings. The summed E-state index contributed by atoms with van der Waals surface area (Å²) in [6, 6.07) is 2.23. The Labute approximate surface area is 128 Å². The summed E-state index contributed by atoms with van der Waals surface area (Å²) >= 11 is 0. The Morgan fingerprint density at radius 2 is 2.05 bits per heavy atom. The third-order valence-corrected chi connectivity index (χ3v) is 3.26. The highest BCUT2D eigenvalue weighted by atomic mass is 15.2. The van der Waals surface area contributed by atoms with Gasteiger partial charge in [0.05, 0.1) is 12.5 Å². The second-order valence-electron chi connectivity index (χ2n) is 5.69. The van der Waals surface area contributed by atoms with Gasteiger partial charge >= 0.3 is 0 Å². The number of hydrogen-bond donors (Lipinski definition) is 1. The molecule has 0 spiro atoms. The zero-order valence-corrected chi connectivity index (χ0v) is 13.9. The lowest BCUT2D eigenvalue weighted by Gasteiger charge is -2.27. The van der Waals surface area contributed by atoms with E-state index in [2.05, 4.69) is 42.0 Å². The lowest BCUT2D eigenvalue weighted by Crippen LogP contribution is -2.30. The minimum atomic E-state index is 0.508. The van der Waals surface area contributed by atoms with E-state index in [0.29, 0.717) is 18.9 Å². The number of aryl methyl sites for hydroxylation is 1. The van der Waals surface area contributed by atoms with Crippen LogP contribution in [-0.4, -0.2) is 30.1 Å². The molecule has 1 heterocycles. The molecule has 1 N–H and O–H groups in total. The van der Waals surface area contributed by atoms with E-state index in [9.17, 15) is 0 Å². The van der Waals surface area contributed by atoms with Crippen LogP contribution in [0.3, 0.4) is 0 Å². The molecule has 1 aromatic heterocycles. The van der Waals surface area contributed by atoms with Crippen LogP contribution in [0.15, 0.2) is 0 Å². The smallest absolute Gasteiger partial charge is 0.137 e. The molecule has 0 fully saturated rings. The van der Waals surface area contributed by atoms with E-state index in [1.54, 1.807) is 0 Å². The summed E-state index contributed by atoms with van der Waals surface area (Å²) in [5.74, 6) is 3.23. The van der Waals surface area contributed by atoms with Gasteiger partial charge in [0.25, 0.3) is 0 Å². The van der Waals surface area contributed by atoms with Crippen molar-refractivity contribution in [2.45, 2.75) is 47.0 Å². The highest BCUT2D eigenvalue weighted by Gasteiger charge is 2.17. The SMILES string of the molecule is CCCc1nc(NC)c(C)c(N(CCC#N)CC(C)C)n1. The van der Waals surface area contributed by atoms with E-state index >= 15 is 0 Å². The first-order valence-corrected chi connectivity index (χ1v) is 7.70. The van der Waals surface area contributed by atoms with E-state index in [4.69, 9.17) is 10.2 Å². The fourth-order valence-corrected chi connectivity index (χ4v) is 2.35. The zero-order chi connectivity index (χ0) is 15.8. The van der Waals surface area contributed by atoms with Crippen molar-refractivity contribution in [2.75, 3.05) is 30.4 Å². The Morgan fingerprint density at radius 1 is 1.33 bits per heavy atom. The summed E-state index contributed by atoms with van der Waals surface area (Å²) < 4.78 is 0. The molecular formula is C16H27N5. The Balaban J connectivity index is 3.20. The van der Waals surface area contributed by atoms with Crippen molar-refractivity contribution in [1.29, 1.82) is 5.26 Å². The molecule has 0 radical (unpaired) electrons. The van der Waals surface area contributed by atoms with E-state index in [-0.39, 0.29) is 0 Å². The van der Waals surface area contributed by atoms with Gasteiger partial charge in [0.15, 0.2) is 0 Å². The van der Waals surface area contributed by atoms with Crippen molar-refractivity contribution in [3.8, 4) is 6.07 Å². The maximum atomic E-state index is 8.88. The largest absolute Gasteiger partial charge is 0.373 e. The van der Waals surface area contributed by atoms with Gasteiger partial charge in [-0.25, -0.2) is 9.97 Å². The number of nitrogens with zero attached hydrogens (tertiary/aromatic N) is 4. The third-order valence-electron chi connectivity index (χ3n) is 3.26. The molecule has 0 aliphatic rings. The summed E-state index contributed by atoms with van der Waals surface area (Å²) in [6.45, 7) is 10.1. The number of nitriles is 1. The summed E-state index contributed by atoms with van der Waals surface area (Å²) in [5.41, 5.74) is 1.05. The lowest BCUT2D eigenvalue weighted by molar-refractivity contribution is 0.604. The van der Waals surface area contributed by atoms with Gasteiger partial charge in [0.2, 0.25) is 0 Å². The van der Waals surface area contributed by atoms with Gasteiger partial charge in [-0.2, -0.15) is 5.26 Å². The molecule has 5 heteroatoms. The third kappa shape index (κ3) is 4.89. The molecule has 116 valence electrons. The molecule has 1 rings (SSSR count). The molecular weight excluding hydrogens is 262 g/mol. The van der Waals surface area contributed by atoms with E-state index in [0.717, 1.165) is 42.4 Å². The van der Waals surface area contributed by atoms with Crippen molar-refractivity contribution in [3.05, 3.63) is 11.4 Å². The number of rotatable bonds is 8. The molecule has 0 saturated carbocycles. The van der Waals surface area contributed by atoms with Gasteiger partial charge in [-0.1, -0.05) is 20.8 Å². The minimum Gasteiger partial charge on any atom is -0.373 e. The molecule has 0 aromatic carbocycles. The predicted octanol–water partition coefficient (Wildman–Crippen LogP) is 3.16. The maximum Gasteiger partial charge on any atom is 0.137 e. The van der Waals surface area contributed by atoms with Gasteiger partial charge in [-0.3, -0.25) is 0 Å². The topological polar surface area (TPSA) is 64.8 Å². The molecule has 0 atom stereocenters. The number of hydrogen-bond acceptors (Lipinski definition) is 5. The first-order chi connectivity index (χ1) is 10.0. The highest BCUT2D eigenvalue weighted by Crippen LogP contribution is 2.24. The van der Waals surface area contributed by atoms with Crippen LogP contribution >= 0.6 is 0 Å². The van der Waals surface area contributed by atoms with Crippen LogP contribution in [-0.2, 0) is 6.42 Å². The van der Waals surface area contributed by atoms with Crippen molar-refractivity contribution in [2.24, 2.45) is 5.92 Å².